The topological polar surface area (TPSA) is 75.7 Å². The van der Waals surface area contributed by atoms with Gasteiger partial charge in [0.05, 0.1) is 13.7 Å². The number of carbonyl (C=O) groups is 3. The zero-order valence-corrected chi connectivity index (χ0v) is 9.49. The van der Waals surface area contributed by atoms with Gasteiger partial charge >= 0.3 is 5.97 Å². The van der Waals surface area contributed by atoms with Crippen molar-refractivity contribution in [3.05, 3.63) is 0 Å². The second kappa shape index (κ2) is 5.48. The summed E-state index contributed by atoms with van der Waals surface area (Å²) in [6.07, 6.45) is 1.41. The van der Waals surface area contributed by atoms with Gasteiger partial charge in [-0.15, -0.1) is 0 Å². The molecule has 16 heavy (non-hydrogen) atoms. The first-order valence-corrected chi connectivity index (χ1v) is 5.18. The molecular weight excluding hydrogens is 212 g/mol. The molecule has 0 aromatic heterocycles. The summed E-state index contributed by atoms with van der Waals surface area (Å²) in [5.41, 5.74) is 0. The molecule has 0 aromatic rings. The molecule has 2 amide bonds. The van der Waals surface area contributed by atoms with Crippen molar-refractivity contribution < 1.29 is 19.1 Å². The number of esters is 1. The number of rotatable bonds is 3. The monoisotopic (exact) mass is 228 g/mol. The third kappa shape index (κ3) is 2.95. The molecule has 0 aliphatic carbocycles. The Morgan fingerprint density at radius 1 is 1.44 bits per heavy atom. The van der Waals surface area contributed by atoms with Crippen LogP contribution in [0.15, 0.2) is 0 Å². The van der Waals surface area contributed by atoms with E-state index in [9.17, 15) is 14.4 Å². The Labute approximate surface area is 93.9 Å². The lowest BCUT2D eigenvalue weighted by atomic mass is 10.2. The molecule has 1 rings (SSSR count). The van der Waals surface area contributed by atoms with Crippen molar-refractivity contribution in [2.45, 2.75) is 25.8 Å². The fourth-order valence-electron chi connectivity index (χ4n) is 1.75. The van der Waals surface area contributed by atoms with Gasteiger partial charge in [-0.2, -0.15) is 0 Å². The maximum absolute atomic E-state index is 11.7. The van der Waals surface area contributed by atoms with Crippen LogP contribution in [0.4, 0.5) is 0 Å². The molecule has 1 aliphatic rings. The Kier molecular flexibility index (Phi) is 4.28. The van der Waals surface area contributed by atoms with Gasteiger partial charge in [0.25, 0.3) is 0 Å². The van der Waals surface area contributed by atoms with E-state index in [0.29, 0.717) is 13.0 Å². The van der Waals surface area contributed by atoms with Gasteiger partial charge in [0.15, 0.2) is 0 Å². The number of nitrogens with zero attached hydrogens (tertiary/aromatic N) is 1. The molecule has 1 saturated heterocycles. The molecular formula is C10H16N2O4. The van der Waals surface area contributed by atoms with E-state index in [2.05, 4.69) is 10.1 Å². The molecule has 0 spiro atoms. The number of carbonyl (C=O) groups excluding carboxylic acids is 3. The molecule has 0 bridgehead atoms. The molecule has 1 N–H and O–H groups in total. The Morgan fingerprint density at radius 3 is 2.69 bits per heavy atom. The summed E-state index contributed by atoms with van der Waals surface area (Å²) in [6.45, 7) is 1.82. The summed E-state index contributed by atoms with van der Waals surface area (Å²) < 4.78 is 4.62. The minimum Gasteiger partial charge on any atom is -0.467 e. The van der Waals surface area contributed by atoms with Gasteiger partial charge in [0.2, 0.25) is 11.8 Å². The molecule has 1 heterocycles. The SMILES string of the molecule is COC(=O)[C@@H]1CCCN1C(=O)CNC(C)=O. The van der Waals surface area contributed by atoms with E-state index in [-0.39, 0.29) is 18.4 Å². The first-order chi connectivity index (χ1) is 7.56. The number of hydrogen-bond acceptors (Lipinski definition) is 4. The van der Waals surface area contributed by atoms with Crippen molar-refractivity contribution >= 4 is 17.8 Å². The fourth-order valence-corrected chi connectivity index (χ4v) is 1.75. The highest BCUT2D eigenvalue weighted by atomic mass is 16.5. The minimum atomic E-state index is -0.494. The average molecular weight is 228 g/mol. The van der Waals surface area contributed by atoms with Crippen LogP contribution in [0.5, 0.6) is 0 Å². The van der Waals surface area contributed by atoms with Crippen molar-refractivity contribution in [1.29, 1.82) is 0 Å². The van der Waals surface area contributed by atoms with Gasteiger partial charge in [-0.1, -0.05) is 0 Å². The van der Waals surface area contributed by atoms with Gasteiger partial charge in [0.1, 0.15) is 6.04 Å². The first-order valence-electron chi connectivity index (χ1n) is 5.18. The standard InChI is InChI=1S/C10H16N2O4/c1-7(13)11-6-9(14)12-5-3-4-8(12)10(15)16-2/h8H,3-6H2,1-2H3,(H,11,13)/t8-/m0/s1. The molecule has 6 heteroatoms. The van der Waals surface area contributed by atoms with Crippen LogP contribution in [-0.4, -0.2) is 48.9 Å². The predicted octanol–water partition coefficient (Wildman–Crippen LogP) is -0.713. The van der Waals surface area contributed by atoms with E-state index in [4.69, 9.17) is 0 Å². The van der Waals surface area contributed by atoms with E-state index in [0.717, 1.165) is 6.42 Å². The van der Waals surface area contributed by atoms with Crippen molar-refractivity contribution in [3.8, 4) is 0 Å². The van der Waals surface area contributed by atoms with Crippen LogP contribution in [0.2, 0.25) is 0 Å². The molecule has 1 atom stereocenters. The maximum atomic E-state index is 11.7. The van der Waals surface area contributed by atoms with Crippen LogP contribution in [0, 0.1) is 0 Å². The average Bonchev–Trinajstić information content (AvgIpc) is 2.73. The molecule has 6 nitrogen and oxygen atoms in total. The number of nitrogens with one attached hydrogen (secondary N) is 1. The Balaban J connectivity index is 2.54. The van der Waals surface area contributed by atoms with Crippen LogP contribution in [-0.2, 0) is 19.1 Å². The third-order valence-electron chi connectivity index (χ3n) is 2.53. The highest BCUT2D eigenvalue weighted by Gasteiger charge is 2.34. The highest BCUT2D eigenvalue weighted by Crippen LogP contribution is 2.18. The zero-order chi connectivity index (χ0) is 12.1. The van der Waals surface area contributed by atoms with Gasteiger partial charge < -0.3 is 15.0 Å². The quantitative estimate of drug-likeness (QED) is 0.647. The lowest BCUT2D eigenvalue weighted by Gasteiger charge is -2.22. The number of ether oxygens (including phenoxy) is 1. The normalized spacial score (nSPS) is 19.4. The Hall–Kier alpha value is -1.59. The maximum Gasteiger partial charge on any atom is 0.328 e. The van der Waals surface area contributed by atoms with Crippen LogP contribution in [0.25, 0.3) is 0 Å². The molecule has 0 aromatic carbocycles. The summed E-state index contributed by atoms with van der Waals surface area (Å²) >= 11 is 0. The largest absolute Gasteiger partial charge is 0.467 e. The molecule has 1 fully saturated rings. The van der Waals surface area contributed by atoms with E-state index < -0.39 is 12.0 Å². The van der Waals surface area contributed by atoms with E-state index in [1.165, 1.54) is 18.9 Å². The third-order valence-corrected chi connectivity index (χ3v) is 2.53. The summed E-state index contributed by atoms with van der Waals surface area (Å²) in [7, 11) is 1.30. The van der Waals surface area contributed by atoms with Gasteiger partial charge in [-0.3, -0.25) is 9.59 Å². The smallest absolute Gasteiger partial charge is 0.328 e. The molecule has 0 radical (unpaired) electrons. The molecule has 0 unspecified atom stereocenters. The van der Waals surface area contributed by atoms with Crippen LogP contribution in [0.3, 0.4) is 0 Å². The van der Waals surface area contributed by atoms with Crippen molar-refractivity contribution in [2.24, 2.45) is 0 Å². The minimum absolute atomic E-state index is 0.0666. The lowest BCUT2D eigenvalue weighted by Crippen LogP contribution is -2.45. The van der Waals surface area contributed by atoms with Crippen LogP contribution < -0.4 is 5.32 Å². The van der Waals surface area contributed by atoms with Gasteiger partial charge in [0, 0.05) is 13.5 Å². The number of likely N-dealkylation sites (tertiary alicyclic amines) is 1. The van der Waals surface area contributed by atoms with Crippen molar-refractivity contribution in [1.82, 2.24) is 10.2 Å². The van der Waals surface area contributed by atoms with Crippen LogP contribution in [0.1, 0.15) is 19.8 Å². The molecule has 1 aliphatic heterocycles. The number of amides is 2. The Bertz CT molecular complexity index is 303. The van der Waals surface area contributed by atoms with Crippen molar-refractivity contribution in [2.75, 3.05) is 20.2 Å². The second-order valence-electron chi connectivity index (χ2n) is 3.68. The number of methoxy groups -OCH3 is 1. The summed E-state index contributed by atoms with van der Waals surface area (Å²) in [4.78, 5) is 35.2. The zero-order valence-electron chi connectivity index (χ0n) is 9.49. The summed E-state index contributed by atoms with van der Waals surface area (Å²) in [5.74, 6) is -0.904. The van der Waals surface area contributed by atoms with Crippen molar-refractivity contribution in [3.63, 3.8) is 0 Å². The second-order valence-corrected chi connectivity index (χ2v) is 3.68. The van der Waals surface area contributed by atoms with E-state index in [1.54, 1.807) is 0 Å². The molecule has 90 valence electrons. The highest BCUT2D eigenvalue weighted by molar-refractivity contribution is 5.88. The van der Waals surface area contributed by atoms with Crippen LogP contribution >= 0.6 is 0 Å². The van der Waals surface area contributed by atoms with Gasteiger partial charge in [-0.05, 0) is 12.8 Å². The van der Waals surface area contributed by atoms with E-state index >= 15 is 0 Å². The molecule has 0 saturated carbocycles. The Morgan fingerprint density at radius 2 is 2.12 bits per heavy atom. The number of hydrogen-bond donors (Lipinski definition) is 1. The predicted molar refractivity (Wildman–Crippen MR) is 55.4 cm³/mol. The van der Waals surface area contributed by atoms with Gasteiger partial charge in [-0.25, -0.2) is 4.79 Å². The fraction of sp³-hybridized carbons (Fsp3) is 0.700. The lowest BCUT2D eigenvalue weighted by molar-refractivity contribution is -0.150. The van der Waals surface area contributed by atoms with E-state index in [1.807, 2.05) is 0 Å². The summed E-state index contributed by atoms with van der Waals surface area (Å²) in [6, 6.07) is -0.494. The first kappa shape index (κ1) is 12.5. The summed E-state index contributed by atoms with van der Waals surface area (Å²) in [5, 5.41) is 2.42.